The highest BCUT2D eigenvalue weighted by Crippen LogP contribution is 2.37. The molecule has 9 heteroatoms. The molecule has 0 saturated carbocycles. The highest BCUT2D eigenvalue weighted by atomic mass is 35.5. The first-order valence-corrected chi connectivity index (χ1v) is 11.8. The van der Waals surface area contributed by atoms with Gasteiger partial charge in [-0.25, -0.2) is 4.98 Å². The van der Waals surface area contributed by atoms with E-state index in [-0.39, 0.29) is 10.8 Å². The van der Waals surface area contributed by atoms with Crippen molar-refractivity contribution in [3.63, 3.8) is 0 Å². The molecule has 0 aliphatic carbocycles. The fraction of sp³-hybridized carbons (Fsp3) is 0.0833. The number of hydrogen-bond donors (Lipinski definition) is 1. The van der Waals surface area contributed by atoms with Crippen LogP contribution >= 0.6 is 35.0 Å². The van der Waals surface area contributed by atoms with E-state index in [1.54, 1.807) is 18.2 Å². The summed E-state index contributed by atoms with van der Waals surface area (Å²) in [4.78, 5) is 20.1. The van der Waals surface area contributed by atoms with Gasteiger partial charge in [0.05, 0.1) is 21.2 Å². The first-order valence-electron chi connectivity index (χ1n) is 10.1. The molecule has 0 aliphatic rings. The Bertz CT molecular complexity index is 1520. The van der Waals surface area contributed by atoms with Crippen molar-refractivity contribution in [2.75, 3.05) is 0 Å². The molecule has 3 aromatic carbocycles. The quantitative estimate of drug-likeness (QED) is 0.289. The second kappa shape index (κ2) is 9.02. The minimum Gasteiger partial charge on any atom is -0.309 e. The number of thioether (sulfide) groups is 1. The lowest BCUT2D eigenvalue weighted by Gasteiger charge is -2.14. The van der Waals surface area contributed by atoms with E-state index in [0.717, 1.165) is 5.69 Å². The van der Waals surface area contributed by atoms with Crippen molar-refractivity contribution in [3.8, 4) is 17.1 Å². The Balaban J connectivity index is 1.59. The van der Waals surface area contributed by atoms with Crippen molar-refractivity contribution in [2.24, 2.45) is 0 Å². The predicted molar refractivity (Wildman–Crippen MR) is 133 cm³/mol. The van der Waals surface area contributed by atoms with E-state index >= 15 is 0 Å². The molecular weight excluding hydrogens is 477 g/mol. The van der Waals surface area contributed by atoms with Gasteiger partial charge in [-0.2, -0.15) is 0 Å². The summed E-state index contributed by atoms with van der Waals surface area (Å²) in [5, 5.41) is 10.9. The topological polar surface area (TPSA) is 76.5 Å². The van der Waals surface area contributed by atoms with Crippen LogP contribution in [0.5, 0.6) is 0 Å². The van der Waals surface area contributed by atoms with Gasteiger partial charge in [0.2, 0.25) is 0 Å². The number of aromatic nitrogens is 5. The number of benzene rings is 3. The summed E-state index contributed by atoms with van der Waals surface area (Å²) in [6.45, 7) is 1.97. The molecule has 0 aliphatic heterocycles. The van der Waals surface area contributed by atoms with Gasteiger partial charge in [-0.05, 0) is 49.4 Å². The van der Waals surface area contributed by atoms with Crippen molar-refractivity contribution in [1.29, 1.82) is 0 Å². The summed E-state index contributed by atoms with van der Waals surface area (Å²) in [5.74, 6) is 1.16. The Morgan fingerprint density at radius 2 is 1.73 bits per heavy atom. The lowest BCUT2D eigenvalue weighted by atomic mass is 10.2. The number of H-pyrrole nitrogens is 1. The number of halogens is 2. The van der Waals surface area contributed by atoms with Crippen LogP contribution in [0.1, 0.15) is 18.0 Å². The normalized spacial score (nSPS) is 12.2. The first-order chi connectivity index (χ1) is 16.0. The number of aromatic amines is 1. The maximum absolute atomic E-state index is 12.5. The molecule has 0 amide bonds. The summed E-state index contributed by atoms with van der Waals surface area (Å²) < 4.78 is 1.94. The third kappa shape index (κ3) is 4.27. The Morgan fingerprint density at radius 1 is 0.970 bits per heavy atom. The van der Waals surface area contributed by atoms with Gasteiger partial charge < -0.3 is 4.98 Å². The van der Waals surface area contributed by atoms with Crippen molar-refractivity contribution in [1.82, 2.24) is 24.7 Å². The zero-order valence-corrected chi connectivity index (χ0v) is 19.7. The molecule has 0 saturated heterocycles. The van der Waals surface area contributed by atoms with Gasteiger partial charge in [0.15, 0.2) is 11.0 Å². The van der Waals surface area contributed by atoms with Crippen LogP contribution in [0.2, 0.25) is 10.0 Å². The zero-order chi connectivity index (χ0) is 22.9. The van der Waals surface area contributed by atoms with Gasteiger partial charge >= 0.3 is 0 Å². The van der Waals surface area contributed by atoms with Crippen molar-refractivity contribution in [2.45, 2.75) is 17.3 Å². The monoisotopic (exact) mass is 493 g/mol. The van der Waals surface area contributed by atoms with Crippen LogP contribution in [-0.2, 0) is 0 Å². The SMILES string of the molecule is CC(Sc1nnc(-c2ccc(Cl)cc2Cl)n1-c1ccccc1)c1nc2ccccc2c(=O)[nH]1. The van der Waals surface area contributed by atoms with E-state index in [1.807, 2.05) is 66.1 Å². The molecule has 1 atom stereocenters. The van der Waals surface area contributed by atoms with Crippen LogP contribution in [0.3, 0.4) is 0 Å². The summed E-state index contributed by atoms with van der Waals surface area (Å²) in [7, 11) is 0. The molecular formula is C24H17Cl2N5OS. The van der Waals surface area contributed by atoms with Crippen molar-refractivity contribution < 1.29 is 0 Å². The van der Waals surface area contributed by atoms with Crippen LogP contribution in [-0.4, -0.2) is 24.7 Å². The number of para-hydroxylation sites is 2. The average Bonchev–Trinajstić information content (AvgIpc) is 3.22. The fourth-order valence-corrected chi connectivity index (χ4v) is 4.93. The van der Waals surface area contributed by atoms with Gasteiger partial charge in [-0.3, -0.25) is 9.36 Å². The Hall–Kier alpha value is -3.13. The molecule has 5 aromatic rings. The van der Waals surface area contributed by atoms with E-state index in [2.05, 4.69) is 20.2 Å². The minimum absolute atomic E-state index is 0.166. The number of nitrogens with zero attached hydrogens (tertiary/aromatic N) is 4. The summed E-state index contributed by atoms with van der Waals surface area (Å²) in [6.07, 6.45) is 0. The molecule has 1 N–H and O–H groups in total. The second-order valence-corrected chi connectivity index (χ2v) is 9.48. The maximum atomic E-state index is 12.5. The van der Waals surface area contributed by atoms with Gasteiger partial charge in [-0.1, -0.05) is 65.3 Å². The van der Waals surface area contributed by atoms with E-state index in [9.17, 15) is 4.79 Å². The maximum Gasteiger partial charge on any atom is 0.258 e. The van der Waals surface area contributed by atoms with Crippen molar-refractivity contribution >= 4 is 45.9 Å². The molecule has 1 unspecified atom stereocenters. The van der Waals surface area contributed by atoms with Gasteiger partial charge in [-0.15, -0.1) is 10.2 Å². The van der Waals surface area contributed by atoms with Crippen LogP contribution in [0.4, 0.5) is 0 Å². The molecule has 0 fully saturated rings. The number of rotatable bonds is 5. The summed E-state index contributed by atoms with van der Waals surface area (Å²) in [5.41, 5.74) is 2.09. The standard InChI is InChI=1S/C24H17Cl2N5OS/c1-14(21-27-20-10-6-5-9-18(20)23(32)28-21)33-24-30-29-22(17-12-11-15(25)13-19(17)26)31(24)16-7-3-2-4-8-16/h2-14H,1H3,(H,27,28,32). The van der Waals surface area contributed by atoms with Crippen LogP contribution in [0, 0.1) is 0 Å². The van der Waals surface area contributed by atoms with E-state index in [4.69, 9.17) is 23.2 Å². The lowest BCUT2D eigenvalue weighted by Crippen LogP contribution is -2.13. The molecule has 0 spiro atoms. The zero-order valence-electron chi connectivity index (χ0n) is 17.4. The molecule has 2 heterocycles. The molecule has 6 nitrogen and oxygen atoms in total. The highest BCUT2D eigenvalue weighted by Gasteiger charge is 2.22. The predicted octanol–water partition coefficient (Wildman–Crippen LogP) is 6.33. The van der Waals surface area contributed by atoms with Gasteiger partial charge in [0, 0.05) is 16.3 Å². The molecule has 0 bridgehead atoms. The number of fused-ring (bicyclic) bond motifs is 1. The van der Waals surface area contributed by atoms with Gasteiger partial charge in [0.25, 0.3) is 5.56 Å². The lowest BCUT2D eigenvalue weighted by molar-refractivity contribution is 0.862. The van der Waals surface area contributed by atoms with Crippen LogP contribution < -0.4 is 5.56 Å². The van der Waals surface area contributed by atoms with Crippen LogP contribution in [0.15, 0.2) is 82.7 Å². The van der Waals surface area contributed by atoms with Gasteiger partial charge in [0.1, 0.15) is 5.82 Å². The molecule has 0 radical (unpaired) electrons. The smallest absolute Gasteiger partial charge is 0.258 e. The van der Waals surface area contributed by atoms with Crippen molar-refractivity contribution in [3.05, 3.63) is 99.0 Å². The minimum atomic E-state index is -0.192. The highest BCUT2D eigenvalue weighted by molar-refractivity contribution is 7.99. The third-order valence-corrected chi connectivity index (χ3v) is 6.72. The number of hydrogen-bond acceptors (Lipinski definition) is 5. The Kier molecular flexibility index (Phi) is 5.93. The summed E-state index contributed by atoms with van der Waals surface area (Å²) >= 11 is 14.0. The molecule has 5 rings (SSSR count). The number of nitrogens with one attached hydrogen (secondary N) is 1. The van der Waals surface area contributed by atoms with E-state index in [1.165, 1.54) is 11.8 Å². The Labute approximate surface area is 203 Å². The third-order valence-electron chi connectivity index (χ3n) is 5.12. The van der Waals surface area contributed by atoms with Crippen LogP contribution in [0.25, 0.3) is 28.0 Å². The Morgan fingerprint density at radius 3 is 2.52 bits per heavy atom. The average molecular weight is 494 g/mol. The second-order valence-electron chi connectivity index (χ2n) is 7.33. The molecule has 164 valence electrons. The fourth-order valence-electron chi connectivity index (χ4n) is 3.51. The van der Waals surface area contributed by atoms with E-state index < -0.39 is 0 Å². The molecule has 2 aromatic heterocycles. The molecule has 33 heavy (non-hydrogen) atoms. The van der Waals surface area contributed by atoms with E-state index in [0.29, 0.717) is 43.3 Å². The largest absolute Gasteiger partial charge is 0.309 e. The first kappa shape index (κ1) is 21.7. The summed E-state index contributed by atoms with van der Waals surface area (Å²) in [6, 6.07) is 22.3.